The second-order valence-electron chi connectivity index (χ2n) is 6.08. The molecule has 0 heterocycles. The lowest BCUT2D eigenvalue weighted by atomic mass is 10.1. The number of carbonyl (C=O) groups excluding carboxylic acids is 1. The number of nitrogens with one attached hydrogen (secondary N) is 1. The van der Waals surface area contributed by atoms with Crippen molar-refractivity contribution >= 4 is 23.2 Å². The molecule has 1 N–H and O–H groups in total. The standard InChI is InChI=1S/C18H16ClF3N2O4/c1-10(2)28-13-5-3-11(15(8-13)18(20,21)22)9-23-17(25)14-6-4-12(19)7-16(14)24(26)27/h3-8,10H,9H2,1-2H3,(H,23,25). The van der Waals surface area contributed by atoms with Gasteiger partial charge in [-0.2, -0.15) is 13.2 Å². The summed E-state index contributed by atoms with van der Waals surface area (Å²) < 4.78 is 45.3. The fraction of sp³-hybridized carbons (Fsp3) is 0.278. The van der Waals surface area contributed by atoms with E-state index in [4.69, 9.17) is 16.3 Å². The van der Waals surface area contributed by atoms with Gasteiger partial charge in [-0.05, 0) is 43.7 Å². The van der Waals surface area contributed by atoms with Crippen LogP contribution in [0.2, 0.25) is 5.02 Å². The van der Waals surface area contributed by atoms with Crippen molar-refractivity contribution in [1.82, 2.24) is 5.32 Å². The lowest BCUT2D eigenvalue weighted by molar-refractivity contribution is -0.385. The highest BCUT2D eigenvalue weighted by Gasteiger charge is 2.34. The monoisotopic (exact) mass is 416 g/mol. The Bertz CT molecular complexity index is 901. The minimum Gasteiger partial charge on any atom is -0.491 e. The van der Waals surface area contributed by atoms with Crippen molar-refractivity contribution in [2.75, 3.05) is 0 Å². The highest BCUT2D eigenvalue weighted by Crippen LogP contribution is 2.35. The molecular weight excluding hydrogens is 401 g/mol. The van der Waals surface area contributed by atoms with Gasteiger partial charge in [0.25, 0.3) is 11.6 Å². The molecule has 0 unspecified atom stereocenters. The molecule has 0 fully saturated rings. The molecule has 0 bridgehead atoms. The smallest absolute Gasteiger partial charge is 0.416 e. The third-order valence-corrected chi connectivity index (χ3v) is 3.83. The van der Waals surface area contributed by atoms with E-state index in [1.807, 2.05) is 0 Å². The van der Waals surface area contributed by atoms with Crippen molar-refractivity contribution in [2.45, 2.75) is 32.7 Å². The average molecular weight is 417 g/mol. The van der Waals surface area contributed by atoms with Crippen molar-refractivity contribution in [3.8, 4) is 5.75 Å². The summed E-state index contributed by atoms with van der Waals surface area (Å²) >= 11 is 5.69. The largest absolute Gasteiger partial charge is 0.491 e. The van der Waals surface area contributed by atoms with E-state index in [0.717, 1.165) is 18.2 Å². The molecule has 0 aliphatic heterocycles. The third-order valence-electron chi connectivity index (χ3n) is 3.60. The van der Waals surface area contributed by atoms with Crippen LogP contribution in [0.1, 0.15) is 35.3 Å². The van der Waals surface area contributed by atoms with Gasteiger partial charge in [-0.25, -0.2) is 0 Å². The van der Waals surface area contributed by atoms with Gasteiger partial charge in [0.1, 0.15) is 11.3 Å². The van der Waals surface area contributed by atoms with Crippen molar-refractivity contribution in [2.24, 2.45) is 0 Å². The van der Waals surface area contributed by atoms with E-state index in [2.05, 4.69) is 5.32 Å². The molecule has 0 spiro atoms. The fourth-order valence-corrected chi connectivity index (χ4v) is 2.60. The van der Waals surface area contributed by atoms with Crippen LogP contribution in [0.5, 0.6) is 5.75 Å². The Balaban J connectivity index is 2.27. The summed E-state index contributed by atoms with van der Waals surface area (Å²) in [5.74, 6) is -0.843. The van der Waals surface area contributed by atoms with Crippen LogP contribution >= 0.6 is 11.6 Å². The third kappa shape index (κ3) is 5.35. The van der Waals surface area contributed by atoms with Crippen LogP contribution in [-0.2, 0) is 12.7 Å². The maximum Gasteiger partial charge on any atom is 0.416 e. The first-order valence-corrected chi connectivity index (χ1v) is 8.45. The van der Waals surface area contributed by atoms with Gasteiger partial charge in [-0.1, -0.05) is 17.7 Å². The zero-order chi connectivity index (χ0) is 21.1. The molecule has 2 aromatic carbocycles. The zero-order valence-corrected chi connectivity index (χ0v) is 15.6. The number of hydrogen-bond acceptors (Lipinski definition) is 4. The van der Waals surface area contributed by atoms with Crippen molar-refractivity contribution in [3.05, 3.63) is 68.2 Å². The molecule has 0 aliphatic rings. The summed E-state index contributed by atoms with van der Waals surface area (Å²) in [5, 5.41) is 13.4. The predicted octanol–water partition coefficient (Wildman–Crippen LogP) is 4.98. The predicted molar refractivity (Wildman–Crippen MR) is 96.5 cm³/mol. The highest BCUT2D eigenvalue weighted by atomic mass is 35.5. The van der Waals surface area contributed by atoms with Crippen LogP contribution < -0.4 is 10.1 Å². The van der Waals surface area contributed by atoms with E-state index < -0.39 is 34.8 Å². The Morgan fingerprint density at radius 3 is 2.50 bits per heavy atom. The van der Waals surface area contributed by atoms with Crippen LogP contribution in [0.25, 0.3) is 0 Å². The van der Waals surface area contributed by atoms with Gasteiger partial charge in [0.2, 0.25) is 0 Å². The van der Waals surface area contributed by atoms with Gasteiger partial charge in [-0.3, -0.25) is 14.9 Å². The van der Waals surface area contributed by atoms with Gasteiger partial charge in [-0.15, -0.1) is 0 Å². The Morgan fingerprint density at radius 1 is 1.25 bits per heavy atom. The molecule has 0 atom stereocenters. The van der Waals surface area contributed by atoms with E-state index >= 15 is 0 Å². The van der Waals surface area contributed by atoms with Gasteiger partial charge < -0.3 is 10.1 Å². The second-order valence-corrected chi connectivity index (χ2v) is 6.52. The number of benzene rings is 2. The maximum atomic E-state index is 13.4. The Morgan fingerprint density at radius 2 is 1.93 bits per heavy atom. The molecule has 0 saturated heterocycles. The second kappa shape index (κ2) is 8.47. The van der Waals surface area contributed by atoms with Crippen molar-refractivity contribution < 1.29 is 27.6 Å². The van der Waals surface area contributed by atoms with Crippen molar-refractivity contribution in [1.29, 1.82) is 0 Å². The quantitative estimate of drug-likeness (QED) is 0.531. The molecule has 6 nitrogen and oxygen atoms in total. The summed E-state index contributed by atoms with van der Waals surface area (Å²) in [6.45, 7) is 2.89. The Labute approximate surface area is 163 Å². The molecule has 0 saturated carbocycles. The first-order chi connectivity index (χ1) is 13.0. The highest BCUT2D eigenvalue weighted by molar-refractivity contribution is 6.31. The first kappa shape index (κ1) is 21.5. The van der Waals surface area contributed by atoms with Crippen LogP contribution in [0.15, 0.2) is 36.4 Å². The number of ether oxygens (including phenoxy) is 1. The molecule has 0 aliphatic carbocycles. The number of nitro groups is 1. The van der Waals surface area contributed by atoms with Gasteiger partial charge >= 0.3 is 6.18 Å². The number of amides is 1. The van der Waals surface area contributed by atoms with Crippen LogP contribution in [-0.4, -0.2) is 16.9 Å². The topological polar surface area (TPSA) is 81.5 Å². The van der Waals surface area contributed by atoms with Crippen LogP contribution in [0, 0.1) is 10.1 Å². The molecule has 2 aromatic rings. The zero-order valence-electron chi connectivity index (χ0n) is 14.8. The number of hydrogen-bond donors (Lipinski definition) is 1. The van der Waals surface area contributed by atoms with E-state index in [1.54, 1.807) is 13.8 Å². The van der Waals surface area contributed by atoms with Crippen LogP contribution in [0.4, 0.5) is 18.9 Å². The van der Waals surface area contributed by atoms with Gasteiger partial charge in [0, 0.05) is 17.6 Å². The Kier molecular flexibility index (Phi) is 6.50. The molecule has 28 heavy (non-hydrogen) atoms. The van der Waals surface area contributed by atoms with E-state index in [1.165, 1.54) is 18.2 Å². The summed E-state index contributed by atoms with van der Waals surface area (Å²) in [6.07, 6.45) is -4.97. The molecule has 10 heteroatoms. The van der Waals surface area contributed by atoms with Gasteiger partial charge in [0.05, 0.1) is 16.6 Å². The van der Waals surface area contributed by atoms with E-state index in [-0.39, 0.29) is 28.0 Å². The number of carbonyl (C=O) groups is 1. The van der Waals surface area contributed by atoms with Gasteiger partial charge in [0.15, 0.2) is 0 Å². The minimum absolute atomic E-state index is 0.0470. The number of alkyl halides is 3. The number of nitro benzene ring substituents is 1. The first-order valence-electron chi connectivity index (χ1n) is 8.08. The number of halogens is 4. The summed E-state index contributed by atoms with van der Waals surface area (Å²) in [7, 11) is 0. The SMILES string of the molecule is CC(C)Oc1ccc(CNC(=O)c2ccc(Cl)cc2[N+](=O)[O-])c(C(F)(F)F)c1. The molecular formula is C18H16ClF3N2O4. The number of rotatable bonds is 6. The lowest BCUT2D eigenvalue weighted by Gasteiger charge is -2.17. The Hall–Kier alpha value is -2.81. The number of nitrogens with zero attached hydrogens (tertiary/aromatic N) is 1. The fourth-order valence-electron chi connectivity index (χ4n) is 2.44. The molecule has 0 aromatic heterocycles. The van der Waals surface area contributed by atoms with Crippen molar-refractivity contribution in [3.63, 3.8) is 0 Å². The maximum absolute atomic E-state index is 13.4. The molecule has 1 amide bonds. The van der Waals surface area contributed by atoms with E-state index in [0.29, 0.717) is 0 Å². The molecule has 2 rings (SSSR count). The lowest BCUT2D eigenvalue weighted by Crippen LogP contribution is -2.25. The molecule has 150 valence electrons. The van der Waals surface area contributed by atoms with E-state index in [9.17, 15) is 28.1 Å². The molecule has 0 radical (unpaired) electrons. The normalized spacial score (nSPS) is 11.4. The minimum atomic E-state index is -4.66. The average Bonchev–Trinajstić information content (AvgIpc) is 2.58. The summed E-state index contributed by atoms with van der Waals surface area (Å²) in [5.41, 5.74) is -2.01. The summed E-state index contributed by atoms with van der Waals surface area (Å²) in [6, 6.07) is 6.82. The summed E-state index contributed by atoms with van der Waals surface area (Å²) in [4.78, 5) is 22.5. The van der Waals surface area contributed by atoms with Crippen LogP contribution in [0.3, 0.4) is 0 Å².